The highest BCUT2D eigenvalue weighted by Gasteiger charge is 2.26. The first-order valence-electron chi connectivity index (χ1n) is 5.37. The molecule has 1 fully saturated rings. The largest absolute Gasteiger partial charge is 0.348 e. The summed E-state index contributed by atoms with van der Waals surface area (Å²) in [5.74, 6) is -0.0972. The van der Waals surface area contributed by atoms with Crippen LogP contribution in [0, 0.1) is 0 Å². The molecule has 0 aliphatic heterocycles. The molecule has 0 spiro atoms. The second-order valence-electron chi connectivity index (χ2n) is 4.04. The number of carbonyl (C=O) groups is 1. The molecule has 1 aliphatic rings. The highest BCUT2D eigenvalue weighted by Crippen LogP contribution is 2.24. The molecule has 1 aromatic carbocycles. The molecule has 2 rings (SSSR count). The Labute approximate surface area is 105 Å². The van der Waals surface area contributed by atoms with Gasteiger partial charge in [0.25, 0.3) is 5.91 Å². The minimum atomic E-state index is -0.0972. The van der Waals surface area contributed by atoms with Crippen LogP contribution in [0.4, 0.5) is 0 Å². The Morgan fingerprint density at radius 3 is 2.81 bits per heavy atom. The van der Waals surface area contributed by atoms with Crippen LogP contribution in [0.5, 0.6) is 0 Å². The smallest absolute Gasteiger partial charge is 0.251 e. The fourth-order valence-corrected chi connectivity index (χ4v) is 2.49. The zero-order valence-corrected chi connectivity index (χ0v) is 10.3. The van der Waals surface area contributed by atoms with E-state index in [1.165, 1.54) is 0 Å². The van der Waals surface area contributed by atoms with E-state index in [1.807, 2.05) is 0 Å². The first-order valence-corrected chi connectivity index (χ1v) is 6.19. The molecule has 0 heterocycles. The summed E-state index contributed by atoms with van der Waals surface area (Å²) in [7, 11) is 0. The van der Waals surface area contributed by atoms with Crippen LogP contribution in [0.2, 0.25) is 5.02 Å². The Kier molecular flexibility index (Phi) is 3.72. The predicted molar refractivity (Wildman–Crippen MR) is 66.2 cm³/mol. The summed E-state index contributed by atoms with van der Waals surface area (Å²) in [6, 6.07) is 7.02. The van der Waals surface area contributed by atoms with Gasteiger partial charge in [-0.2, -0.15) is 0 Å². The van der Waals surface area contributed by atoms with Gasteiger partial charge in [0.2, 0.25) is 0 Å². The molecule has 0 aromatic heterocycles. The molecule has 1 amide bonds. The van der Waals surface area contributed by atoms with Crippen molar-refractivity contribution in [3.05, 3.63) is 34.9 Å². The second kappa shape index (κ2) is 5.07. The summed E-state index contributed by atoms with van der Waals surface area (Å²) in [5, 5.41) is 3.57. The van der Waals surface area contributed by atoms with Crippen LogP contribution < -0.4 is 5.32 Å². The molecule has 1 aromatic rings. The number of benzene rings is 1. The van der Waals surface area contributed by atoms with Crippen molar-refractivity contribution in [1.29, 1.82) is 0 Å². The Hall–Kier alpha value is -0.730. The van der Waals surface area contributed by atoms with Crippen molar-refractivity contribution >= 4 is 29.1 Å². The molecular formula is C12H13Cl2NO. The zero-order valence-electron chi connectivity index (χ0n) is 8.75. The van der Waals surface area contributed by atoms with E-state index in [9.17, 15) is 4.79 Å². The molecule has 1 aliphatic carbocycles. The van der Waals surface area contributed by atoms with Gasteiger partial charge in [-0.25, -0.2) is 0 Å². The number of hydrogen-bond acceptors (Lipinski definition) is 1. The van der Waals surface area contributed by atoms with Crippen LogP contribution in [0.1, 0.15) is 29.6 Å². The van der Waals surface area contributed by atoms with Gasteiger partial charge in [-0.3, -0.25) is 4.79 Å². The Bertz CT molecular complexity index is 394. The topological polar surface area (TPSA) is 29.1 Å². The van der Waals surface area contributed by atoms with Gasteiger partial charge in [-0.15, -0.1) is 11.6 Å². The van der Waals surface area contributed by atoms with Crippen LogP contribution in [0.25, 0.3) is 0 Å². The van der Waals surface area contributed by atoms with Gasteiger partial charge in [-0.05, 0) is 37.5 Å². The van der Waals surface area contributed by atoms with Gasteiger partial charge in [0, 0.05) is 16.6 Å². The number of alkyl halides is 1. The van der Waals surface area contributed by atoms with Crippen molar-refractivity contribution in [2.75, 3.05) is 0 Å². The third-order valence-corrected chi connectivity index (χ3v) is 3.59. The van der Waals surface area contributed by atoms with Gasteiger partial charge in [0.15, 0.2) is 0 Å². The molecule has 2 nitrogen and oxygen atoms in total. The lowest BCUT2D eigenvalue weighted by molar-refractivity contribution is 0.0938. The Morgan fingerprint density at radius 1 is 1.38 bits per heavy atom. The molecule has 4 heteroatoms. The average Bonchev–Trinajstić information content (AvgIpc) is 2.64. The van der Waals surface area contributed by atoms with Crippen molar-refractivity contribution < 1.29 is 4.79 Å². The highest BCUT2D eigenvalue weighted by atomic mass is 35.5. The monoisotopic (exact) mass is 257 g/mol. The van der Waals surface area contributed by atoms with Crippen molar-refractivity contribution in [3.8, 4) is 0 Å². The minimum absolute atomic E-state index is 0.0585. The van der Waals surface area contributed by atoms with E-state index >= 15 is 0 Å². The normalized spacial score (nSPS) is 24.4. The summed E-state index contributed by atoms with van der Waals surface area (Å²) >= 11 is 11.9. The van der Waals surface area contributed by atoms with Crippen LogP contribution in [0.15, 0.2) is 24.3 Å². The Morgan fingerprint density at radius 2 is 2.19 bits per heavy atom. The molecule has 2 unspecified atom stereocenters. The SMILES string of the molecule is O=C(NC1CCCC1Cl)c1cccc(Cl)c1. The quantitative estimate of drug-likeness (QED) is 0.811. The van der Waals surface area contributed by atoms with Crippen LogP contribution in [0.3, 0.4) is 0 Å². The number of amides is 1. The lowest BCUT2D eigenvalue weighted by atomic mass is 10.2. The Balaban J connectivity index is 2.03. The van der Waals surface area contributed by atoms with Crippen LogP contribution in [-0.2, 0) is 0 Å². The van der Waals surface area contributed by atoms with Crippen molar-refractivity contribution in [2.45, 2.75) is 30.7 Å². The van der Waals surface area contributed by atoms with Crippen molar-refractivity contribution in [3.63, 3.8) is 0 Å². The number of rotatable bonds is 2. The van der Waals surface area contributed by atoms with Crippen LogP contribution in [-0.4, -0.2) is 17.3 Å². The number of nitrogens with one attached hydrogen (secondary N) is 1. The second-order valence-corrected chi connectivity index (χ2v) is 5.03. The van der Waals surface area contributed by atoms with Gasteiger partial charge in [0.05, 0.1) is 5.38 Å². The molecule has 2 atom stereocenters. The van der Waals surface area contributed by atoms with E-state index in [-0.39, 0.29) is 17.3 Å². The van der Waals surface area contributed by atoms with E-state index in [0.717, 1.165) is 19.3 Å². The van der Waals surface area contributed by atoms with E-state index in [0.29, 0.717) is 10.6 Å². The van der Waals surface area contributed by atoms with Crippen LogP contribution >= 0.6 is 23.2 Å². The molecule has 86 valence electrons. The average molecular weight is 258 g/mol. The summed E-state index contributed by atoms with van der Waals surface area (Å²) in [5.41, 5.74) is 0.586. The first kappa shape index (κ1) is 11.7. The predicted octanol–water partition coefficient (Wildman–Crippen LogP) is 3.23. The standard InChI is InChI=1S/C12H13Cl2NO/c13-9-4-1-3-8(7-9)12(16)15-11-6-2-5-10(11)14/h1,3-4,7,10-11H,2,5-6H2,(H,15,16). The first-order chi connectivity index (χ1) is 7.66. The summed E-state index contributed by atoms with van der Waals surface area (Å²) in [6.07, 6.45) is 3.01. The maximum atomic E-state index is 11.9. The summed E-state index contributed by atoms with van der Waals surface area (Å²) < 4.78 is 0. The fraction of sp³-hybridized carbons (Fsp3) is 0.417. The molecule has 0 bridgehead atoms. The fourth-order valence-electron chi connectivity index (χ4n) is 1.96. The van der Waals surface area contributed by atoms with Crippen molar-refractivity contribution in [1.82, 2.24) is 5.32 Å². The molecule has 0 radical (unpaired) electrons. The summed E-state index contributed by atoms with van der Waals surface area (Å²) in [4.78, 5) is 11.9. The number of carbonyl (C=O) groups excluding carboxylic acids is 1. The lowest BCUT2D eigenvalue weighted by Crippen LogP contribution is -2.37. The number of halogens is 2. The molecule has 0 saturated heterocycles. The maximum absolute atomic E-state index is 11.9. The van der Waals surface area contributed by atoms with Gasteiger partial charge in [-0.1, -0.05) is 17.7 Å². The van der Waals surface area contributed by atoms with Crippen molar-refractivity contribution in [2.24, 2.45) is 0 Å². The molecule has 1 saturated carbocycles. The third kappa shape index (κ3) is 2.69. The zero-order chi connectivity index (χ0) is 11.5. The third-order valence-electron chi connectivity index (χ3n) is 2.83. The van der Waals surface area contributed by atoms with E-state index in [2.05, 4.69) is 5.32 Å². The highest BCUT2D eigenvalue weighted by molar-refractivity contribution is 6.31. The minimum Gasteiger partial charge on any atom is -0.348 e. The summed E-state index contributed by atoms with van der Waals surface area (Å²) in [6.45, 7) is 0. The van der Waals surface area contributed by atoms with Gasteiger partial charge in [0.1, 0.15) is 0 Å². The molecular weight excluding hydrogens is 245 g/mol. The molecule has 16 heavy (non-hydrogen) atoms. The lowest BCUT2D eigenvalue weighted by Gasteiger charge is -2.15. The van der Waals surface area contributed by atoms with Gasteiger partial charge >= 0.3 is 0 Å². The van der Waals surface area contributed by atoms with Gasteiger partial charge < -0.3 is 5.32 Å². The maximum Gasteiger partial charge on any atom is 0.251 e. The molecule has 1 N–H and O–H groups in total. The number of hydrogen-bond donors (Lipinski definition) is 1. The van der Waals surface area contributed by atoms with E-state index in [1.54, 1.807) is 24.3 Å². The van der Waals surface area contributed by atoms with E-state index in [4.69, 9.17) is 23.2 Å². The van der Waals surface area contributed by atoms with E-state index < -0.39 is 0 Å².